The van der Waals surface area contributed by atoms with Crippen molar-refractivity contribution < 1.29 is 14.2 Å². The Hall–Kier alpha value is -1.40. The maximum absolute atomic E-state index is 5.72. The fraction of sp³-hybridized carbons (Fsp3) is 0.667. The average Bonchev–Trinajstić information content (AvgIpc) is 3.17. The molecule has 2 rings (SSSR count). The second-order valence-corrected chi connectivity index (χ2v) is 4.22. The maximum Gasteiger partial charge on any atom is 0.218 e. The van der Waals surface area contributed by atoms with E-state index in [2.05, 4.69) is 9.97 Å². The predicted octanol–water partition coefficient (Wildman–Crippen LogP) is 0.978. The fourth-order valence-electron chi connectivity index (χ4n) is 1.51. The van der Waals surface area contributed by atoms with Crippen molar-refractivity contribution in [1.82, 2.24) is 9.97 Å². The molecule has 0 radical (unpaired) electrons. The van der Waals surface area contributed by atoms with Crippen LogP contribution in [0, 0.1) is 0 Å². The molecule has 0 aromatic carbocycles. The van der Waals surface area contributed by atoms with Crippen LogP contribution < -0.4 is 10.5 Å². The Morgan fingerprint density at radius 2 is 2.00 bits per heavy atom. The number of rotatable bonds is 8. The molecule has 1 saturated carbocycles. The van der Waals surface area contributed by atoms with Gasteiger partial charge in [-0.2, -0.15) is 4.98 Å². The molecule has 100 valence electrons. The third kappa shape index (κ3) is 4.12. The Bertz CT molecular complexity index is 383. The third-order valence-electron chi connectivity index (χ3n) is 2.59. The van der Waals surface area contributed by atoms with Crippen LogP contribution in [0.5, 0.6) is 5.88 Å². The van der Waals surface area contributed by atoms with Gasteiger partial charge in [0.25, 0.3) is 0 Å². The van der Waals surface area contributed by atoms with Crippen molar-refractivity contribution in [3.63, 3.8) is 0 Å². The number of nitrogen functional groups attached to an aromatic ring is 1. The number of anilines is 1. The van der Waals surface area contributed by atoms with Crippen molar-refractivity contribution in [3.05, 3.63) is 11.9 Å². The van der Waals surface area contributed by atoms with Crippen molar-refractivity contribution in [3.8, 4) is 5.88 Å². The molecule has 1 aromatic heterocycles. The summed E-state index contributed by atoms with van der Waals surface area (Å²) in [5.74, 6) is 2.25. The van der Waals surface area contributed by atoms with Crippen molar-refractivity contribution >= 4 is 5.82 Å². The lowest BCUT2D eigenvalue weighted by atomic mass is 10.4. The first-order valence-electron chi connectivity index (χ1n) is 6.13. The fourth-order valence-corrected chi connectivity index (χ4v) is 1.51. The standard InChI is InChI=1S/C12H19N3O3/c1-16-4-5-17-6-7-18-11-8-10(13)14-12(15-11)9-2-3-9/h8-9H,2-7H2,1H3,(H2,13,14,15). The largest absolute Gasteiger partial charge is 0.475 e. The number of hydrogen-bond donors (Lipinski definition) is 1. The van der Waals surface area contributed by atoms with E-state index >= 15 is 0 Å². The topological polar surface area (TPSA) is 79.5 Å². The first kappa shape index (κ1) is 13.0. The van der Waals surface area contributed by atoms with Crippen LogP contribution in [-0.2, 0) is 9.47 Å². The van der Waals surface area contributed by atoms with Gasteiger partial charge in [0.05, 0.1) is 19.8 Å². The highest BCUT2D eigenvalue weighted by Crippen LogP contribution is 2.38. The van der Waals surface area contributed by atoms with Crippen molar-refractivity contribution in [2.75, 3.05) is 39.3 Å². The van der Waals surface area contributed by atoms with Gasteiger partial charge in [0.15, 0.2) is 0 Å². The molecule has 1 aliphatic rings. The molecule has 1 heterocycles. The summed E-state index contributed by atoms with van der Waals surface area (Å²) in [6, 6.07) is 1.64. The summed E-state index contributed by atoms with van der Waals surface area (Å²) >= 11 is 0. The molecule has 6 nitrogen and oxygen atoms in total. The molecule has 0 amide bonds. The Morgan fingerprint density at radius 1 is 1.22 bits per heavy atom. The lowest BCUT2D eigenvalue weighted by Crippen LogP contribution is -2.11. The molecule has 0 atom stereocenters. The molecule has 6 heteroatoms. The van der Waals surface area contributed by atoms with E-state index in [1.54, 1.807) is 13.2 Å². The smallest absolute Gasteiger partial charge is 0.218 e. The Morgan fingerprint density at radius 3 is 2.72 bits per heavy atom. The molecule has 0 saturated heterocycles. The molecule has 0 spiro atoms. The van der Waals surface area contributed by atoms with Gasteiger partial charge in [-0.3, -0.25) is 0 Å². The Kier molecular flexibility index (Phi) is 4.72. The van der Waals surface area contributed by atoms with Gasteiger partial charge in [0, 0.05) is 19.1 Å². The zero-order valence-corrected chi connectivity index (χ0v) is 10.6. The first-order chi connectivity index (χ1) is 8.79. The highest BCUT2D eigenvalue weighted by Gasteiger charge is 2.27. The quantitative estimate of drug-likeness (QED) is 0.696. The van der Waals surface area contributed by atoms with E-state index in [4.69, 9.17) is 19.9 Å². The summed E-state index contributed by atoms with van der Waals surface area (Å²) in [5.41, 5.74) is 5.72. The van der Waals surface area contributed by atoms with Gasteiger partial charge in [-0.05, 0) is 12.8 Å². The second kappa shape index (κ2) is 6.51. The van der Waals surface area contributed by atoms with Gasteiger partial charge in [0.1, 0.15) is 18.2 Å². The number of nitrogens with two attached hydrogens (primary N) is 1. The van der Waals surface area contributed by atoms with Crippen LogP contribution in [0.4, 0.5) is 5.82 Å². The van der Waals surface area contributed by atoms with Gasteiger partial charge < -0.3 is 19.9 Å². The average molecular weight is 253 g/mol. The van der Waals surface area contributed by atoms with E-state index in [9.17, 15) is 0 Å². The van der Waals surface area contributed by atoms with Gasteiger partial charge in [-0.1, -0.05) is 0 Å². The van der Waals surface area contributed by atoms with E-state index in [1.807, 2.05) is 0 Å². The zero-order valence-electron chi connectivity index (χ0n) is 10.6. The minimum absolute atomic E-state index is 0.449. The van der Waals surface area contributed by atoms with E-state index in [0.29, 0.717) is 44.0 Å². The van der Waals surface area contributed by atoms with Crippen LogP contribution >= 0.6 is 0 Å². The number of ether oxygens (including phenoxy) is 3. The molecule has 2 N–H and O–H groups in total. The number of methoxy groups -OCH3 is 1. The highest BCUT2D eigenvalue weighted by molar-refractivity contribution is 5.34. The zero-order chi connectivity index (χ0) is 12.8. The summed E-state index contributed by atoms with van der Waals surface area (Å²) in [6.45, 7) is 2.11. The predicted molar refractivity (Wildman–Crippen MR) is 66.6 cm³/mol. The summed E-state index contributed by atoms with van der Waals surface area (Å²) in [4.78, 5) is 8.54. The van der Waals surface area contributed by atoms with E-state index in [0.717, 1.165) is 18.7 Å². The van der Waals surface area contributed by atoms with Crippen LogP contribution in [0.2, 0.25) is 0 Å². The van der Waals surface area contributed by atoms with Gasteiger partial charge in [-0.15, -0.1) is 0 Å². The van der Waals surface area contributed by atoms with Crippen LogP contribution in [0.3, 0.4) is 0 Å². The van der Waals surface area contributed by atoms with Gasteiger partial charge >= 0.3 is 0 Å². The molecule has 0 bridgehead atoms. The van der Waals surface area contributed by atoms with E-state index in [-0.39, 0.29) is 0 Å². The molecular weight excluding hydrogens is 234 g/mol. The lowest BCUT2D eigenvalue weighted by Gasteiger charge is -2.08. The molecule has 1 fully saturated rings. The minimum atomic E-state index is 0.449. The monoisotopic (exact) mass is 253 g/mol. The molecule has 1 aliphatic carbocycles. The highest BCUT2D eigenvalue weighted by atomic mass is 16.5. The number of nitrogens with zero attached hydrogens (tertiary/aromatic N) is 2. The number of hydrogen-bond acceptors (Lipinski definition) is 6. The summed E-state index contributed by atoms with van der Waals surface area (Å²) in [6.07, 6.45) is 2.28. The molecule has 0 aliphatic heterocycles. The summed E-state index contributed by atoms with van der Waals surface area (Å²) in [7, 11) is 1.64. The van der Waals surface area contributed by atoms with Crippen LogP contribution in [0.1, 0.15) is 24.6 Å². The Balaban J connectivity index is 1.74. The van der Waals surface area contributed by atoms with Crippen molar-refractivity contribution in [2.45, 2.75) is 18.8 Å². The van der Waals surface area contributed by atoms with E-state index in [1.165, 1.54) is 0 Å². The van der Waals surface area contributed by atoms with Gasteiger partial charge in [0.2, 0.25) is 5.88 Å². The first-order valence-corrected chi connectivity index (χ1v) is 6.13. The maximum atomic E-state index is 5.72. The molecule has 0 unspecified atom stereocenters. The number of aromatic nitrogens is 2. The van der Waals surface area contributed by atoms with Crippen LogP contribution in [0.15, 0.2) is 6.07 Å². The molecule has 18 heavy (non-hydrogen) atoms. The van der Waals surface area contributed by atoms with Gasteiger partial charge in [-0.25, -0.2) is 4.98 Å². The summed E-state index contributed by atoms with van der Waals surface area (Å²) in [5, 5.41) is 0. The third-order valence-corrected chi connectivity index (χ3v) is 2.59. The minimum Gasteiger partial charge on any atom is -0.475 e. The summed E-state index contributed by atoms with van der Waals surface area (Å²) < 4.78 is 15.6. The SMILES string of the molecule is COCCOCCOc1cc(N)nc(C2CC2)n1. The Labute approximate surface area is 106 Å². The van der Waals surface area contributed by atoms with Crippen LogP contribution in [-0.4, -0.2) is 43.5 Å². The molecule has 1 aromatic rings. The lowest BCUT2D eigenvalue weighted by molar-refractivity contribution is 0.0536. The second-order valence-electron chi connectivity index (χ2n) is 4.22. The van der Waals surface area contributed by atoms with Crippen LogP contribution in [0.25, 0.3) is 0 Å². The molecular formula is C12H19N3O3. The van der Waals surface area contributed by atoms with Crippen molar-refractivity contribution in [2.24, 2.45) is 0 Å². The van der Waals surface area contributed by atoms with E-state index < -0.39 is 0 Å². The van der Waals surface area contributed by atoms with Crippen molar-refractivity contribution in [1.29, 1.82) is 0 Å². The normalized spacial score (nSPS) is 14.7.